The number of rotatable bonds is 6. The van der Waals surface area contributed by atoms with Gasteiger partial charge in [0.2, 0.25) is 11.6 Å². The van der Waals surface area contributed by atoms with Gasteiger partial charge in [0.05, 0.1) is 4.92 Å². The average Bonchev–Trinajstić information content (AvgIpc) is 2.62. The molecule has 25 heavy (non-hydrogen) atoms. The van der Waals surface area contributed by atoms with Gasteiger partial charge >= 0.3 is 5.69 Å². The molecule has 2 aliphatic rings. The lowest BCUT2D eigenvalue weighted by atomic mass is 9.97. The van der Waals surface area contributed by atoms with Crippen LogP contribution in [0.5, 0.6) is 0 Å². The Morgan fingerprint density at radius 1 is 1.32 bits per heavy atom. The van der Waals surface area contributed by atoms with E-state index in [2.05, 4.69) is 33.2 Å². The van der Waals surface area contributed by atoms with Crippen molar-refractivity contribution in [2.75, 3.05) is 23.3 Å². The number of hydrogen-bond acceptors (Lipinski definition) is 6. The highest BCUT2D eigenvalue weighted by atomic mass is 16.6. The second kappa shape index (κ2) is 8.27. The van der Waals surface area contributed by atoms with Crippen molar-refractivity contribution in [3.8, 4) is 0 Å². The largest absolute Gasteiger partial charge is 0.364 e. The maximum Gasteiger partial charge on any atom is 0.353 e. The third kappa shape index (κ3) is 4.27. The molecule has 136 valence electrons. The first-order valence-electron chi connectivity index (χ1n) is 9.34. The summed E-state index contributed by atoms with van der Waals surface area (Å²) in [6.07, 6.45) is 12.7. The van der Waals surface area contributed by atoms with Gasteiger partial charge in [0.1, 0.15) is 6.33 Å². The summed E-state index contributed by atoms with van der Waals surface area (Å²) in [7, 11) is 0. The molecule has 1 fully saturated rings. The van der Waals surface area contributed by atoms with Crippen LogP contribution < -0.4 is 10.2 Å². The average molecular weight is 345 g/mol. The minimum Gasteiger partial charge on any atom is -0.364 e. The quantitative estimate of drug-likeness (QED) is 0.475. The molecule has 1 N–H and O–H groups in total. The van der Waals surface area contributed by atoms with Crippen LogP contribution in [0, 0.1) is 10.1 Å². The Kier molecular flexibility index (Phi) is 5.83. The van der Waals surface area contributed by atoms with Gasteiger partial charge in [-0.3, -0.25) is 10.1 Å². The molecular weight excluding hydrogens is 318 g/mol. The molecule has 0 aromatic carbocycles. The van der Waals surface area contributed by atoms with Crippen molar-refractivity contribution in [2.45, 2.75) is 64.3 Å². The summed E-state index contributed by atoms with van der Waals surface area (Å²) in [5, 5.41) is 14.9. The van der Waals surface area contributed by atoms with E-state index < -0.39 is 0 Å². The van der Waals surface area contributed by atoms with Gasteiger partial charge in [0.25, 0.3) is 0 Å². The van der Waals surface area contributed by atoms with Crippen LogP contribution in [-0.2, 0) is 0 Å². The van der Waals surface area contributed by atoms with Crippen LogP contribution in [-0.4, -0.2) is 34.0 Å². The van der Waals surface area contributed by atoms with Gasteiger partial charge in [-0.1, -0.05) is 11.6 Å². The van der Waals surface area contributed by atoms with Crippen LogP contribution in [0.2, 0.25) is 0 Å². The van der Waals surface area contributed by atoms with E-state index >= 15 is 0 Å². The van der Waals surface area contributed by atoms with E-state index in [1.807, 2.05) is 0 Å². The number of nitrogens with zero attached hydrogens (tertiary/aromatic N) is 4. The molecule has 7 heteroatoms. The molecule has 3 rings (SSSR count). The number of aromatic nitrogens is 2. The smallest absolute Gasteiger partial charge is 0.353 e. The molecule has 7 nitrogen and oxygen atoms in total. The molecule has 1 aromatic rings. The first kappa shape index (κ1) is 17.6. The van der Waals surface area contributed by atoms with Crippen molar-refractivity contribution in [2.24, 2.45) is 0 Å². The third-order valence-corrected chi connectivity index (χ3v) is 5.18. The predicted molar refractivity (Wildman–Crippen MR) is 99.0 cm³/mol. The van der Waals surface area contributed by atoms with Crippen LogP contribution in [0.15, 0.2) is 18.0 Å². The summed E-state index contributed by atoms with van der Waals surface area (Å²) >= 11 is 0. The van der Waals surface area contributed by atoms with Crippen molar-refractivity contribution < 1.29 is 4.92 Å². The lowest BCUT2D eigenvalue weighted by Crippen LogP contribution is -2.38. The summed E-state index contributed by atoms with van der Waals surface area (Å²) in [5.41, 5.74) is 1.45. The highest BCUT2D eigenvalue weighted by Crippen LogP contribution is 2.35. The fourth-order valence-corrected chi connectivity index (χ4v) is 3.76. The lowest BCUT2D eigenvalue weighted by molar-refractivity contribution is -0.383. The van der Waals surface area contributed by atoms with Gasteiger partial charge in [0, 0.05) is 19.1 Å². The van der Waals surface area contributed by atoms with Gasteiger partial charge in [-0.2, -0.15) is 0 Å². The summed E-state index contributed by atoms with van der Waals surface area (Å²) < 4.78 is 0. The number of nitrogens with one attached hydrogen (secondary N) is 1. The molecule has 1 aliphatic heterocycles. The van der Waals surface area contributed by atoms with E-state index in [0.717, 1.165) is 45.1 Å². The molecule has 0 spiro atoms. The second-order valence-corrected chi connectivity index (χ2v) is 6.97. The minimum atomic E-state index is -0.348. The van der Waals surface area contributed by atoms with Crippen LogP contribution in [0.1, 0.15) is 58.3 Å². The molecular formula is C18H27N5O2. The van der Waals surface area contributed by atoms with Gasteiger partial charge in [-0.05, 0) is 58.3 Å². The highest BCUT2D eigenvalue weighted by molar-refractivity contribution is 5.70. The van der Waals surface area contributed by atoms with Gasteiger partial charge in [-0.25, -0.2) is 9.97 Å². The minimum absolute atomic E-state index is 0.00822. The first-order valence-corrected chi connectivity index (χ1v) is 9.34. The highest BCUT2D eigenvalue weighted by Gasteiger charge is 2.30. The molecule has 1 aromatic heterocycles. The normalized spacial score (nSPS) is 20.9. The number of hydrogen-bond donors (Lipinski definition) is 1. The second-order valence-electron chi connectivity index (χ2n) is 6.97. The summed E-state index contributed by atoms with van der Waals surface area (Å²) in [4.78, 5) is 21.8. The fraction of sp³-hybridized carbons (Fsp3) is 0.667. The Balaban J connectivity index is 1.75. The van der Waals surface area contributed by atoms with E-state index in [1.54, 1.807) is 0 Å². The zero-order valence-electron chi connectivity index (χ0n) is 14.9. The van der Waals surface area contributed by atoms with Gasteiger partial charge in [-0.15, -0.1) is 0 Å². The Labute approximate surface area is 148 Å². The van der Waals surface area contributed by atoms with Crippen molar-refractivity contribution in [1.82, 2.24) is 9.97 Å². The molecule has 1 atom stereocenters. The summed E-state index contributed by atoms with van der Waals surface area (Å²) in [6, 6.07) is 0.266. The number of allylic oxidation sites excluding steroid dienone is 1. The predicted octanol–water partition coefficient (Wildman–Crippen LogP) is 4.07. The van der Waals surface area contributed by atoms with E-state index in [-0.39, 0.29) is 16.7 Å². The summed E-state index contributed by atoms with van der Waals surface area (Å²) in [5.74, 6) is 0.788. The fourth-order valence-electron chi connectivity index (χ4n) is 3.76. The number of anilines is 2. The molecule has 0 radical (unpaired) electrons. The van der Waals surface area contributed by atoms with E-state index in [4.69, 9.17) is 0 Å². The molecule has 1 unspecified atom stereocenters. The SMILES string of the molecule is CC1CCCCN1c1ncnc(NCCC2=CCCCC2)c1[N+](=O)[O-]. The van der Waals surface area contributed by atoms with E-state index in [9.17, 15) is 10.1 Å². The first-order chi connectivity index (χ1) is 12.2. The molecule has 1 saturated heterocycles. The Morgan fingerprint density at radius 2 is 2.20 bits per heavy atom. The van der Waals surface area contributed by atoms with Gasteiger partial charge < -0.3 is 10.2 Å². The number of nitro groups is 1. The molecule has 1 aliphatic carbocycles. The molecule has 0 bridgehead atoms. The van der Waals surface area contributed by atoms with Crippen LogP contribution in [0.3, 0.4) is 0 Å². The van der Waals surface area contributed by atoms with E-state index in [0.29, 0.717) is 18.2 Å². The topological polar surface area (TPSA) is 84.2 Å². The molecule has 2 heterocycles. The maximum atomic E-state index is 11.7. The maximum absolute atomic E-state index is 11.7. The van der Waals surface area contributed by atoms with Crippen molar-refractivity contribution in [1.29, 1.82) is 0 Å². The number of piperidine rings is 1. The zero-order valence-corrected chi connectivity index (χ0v) is 14.9. The Hall–Kier alpha value is -2.18. The third-order valence-electron chi connectivity index (χ3n) is 5.18. The van der Waals surface area contributed by atoms with Crippen LogP contribution in [0.25, 0.3) is 0 Å². The molecule has 0 saturated carbocycles. The summed E-state index contributed by atoms with van der Waals surface area (Å²) in [6.45, 7) is 3.58. The van der Waals surface area contributed by atoms with Crippen LogP contribution >= 0.6 is 0 Å². The molecule has 0 amide bonds. The Morgan fingerprint density at radius 3 is 2.92 bits per heavy atom. The van der Waals surface area contributed by atoms with Crippen molar-refractivity contribution in [3.63, 3.8) is 0 Å². The lowest BCUT2D eigenvalue weighted by Gasteiger charge is -2.33. The Bertz CT molecular complexity index is 646. The van der Waals surface area contributed by atoms with Crippen molar-refractivity contribution >= 4 is 17.3 Å². The van der Waals surface area contributed by atoms with Crippen LogP contribution in [0.4, 0.5) is 17.3 Å². The monoisotopic (exact) mass is 345 g/mol. The van der Waals surface area contributed by atoms with Gasteiger partial charge in [0.15, 0.2) is 0 Å². The zero-order chi connectivity index (χ0) is 17.6. The van der Waals surface area contributed by atoms with E-state index in [1.165, 1.54) is 24.7 Å². The standard InChI is InChI=1S/C18H27N5O2/c1-14-7-5-6-12-22(14)18-16(23(24)25)17(20-13-21-18)19-11-10-15-8-3-2-4-9-15/h8,13-14H,2-7,9-12H2,1H3,(H,19,20,21). The van der Waals surface area contributed by atoms with Crippen molar-refractivity contribution in [3.05, 3.63) is 28.1 Å².